The molecule has 0 fully saturated rings. The lowest BCUT2D eigenvalue weighted by molar-refractivity contribution is -0.136. The predicted molar refractivity (Wildman–Crippen MR) is 91.9 cm³/mol. The maximum Gasteiger partial charge on any atom is 0.335 e. The van der Waals surface area contributed by atoms with Gasteiger partial charge in [-0.2, -0.15) is 5.10 Å². The Morgan fingerprint density at radius 1 is 1.00 bits per heavy atom. The summed E-state index contributed by atoms with van der Waals surface area (Å²) < 4.78 is 0.646. The highest BCUT2D eigenvalue weighted by atomic mass is 79.9. The number of carbonyl (C=O) groups is 3. The van der Waals surface area contributed by atoms with E-state index in [0.29, 0.717) is 15.7 Å². The zero-order valence-corrected chi connectivity index (χ0v) is 13.8. The van der Waals surface area contributed by atoms with E-state index >= 15 is 0 Å². The molecule has 122 valence electrons. The topological polar surface area (TPSA) is 108 Å². The molecule has 7 nitrogen and oxygen atoms in total. The minimum absolute atomic E-state index is 0.143. The molecule has 0 heterocycles. The molecule has 0 saturated heterocycles. The number of carbonyl (C=O) groups excluding carboxylic acids is 2. The van der Waals surface area contributed by atoms with Crippen LogP contribution in [0, 0.1) is 0 Å². The molecule has 0 aliphatic heterocycles. The van der Waals surface area contributed by atoms with Crippen LogP contribution in [0.1, 0.15) is 15.9 Å². The summed E-state index contributed by atoms with van der Waals surface area (Å²) in [5, 5.41) is 14.9. The van der Waals surface area contributed by atoms with Crippen molar-refractivity contribution in [3.8, 4) is 0 Å². The quantitative estimate of drug-likeness (QED) is 0.423. The Bertz CT molecular complexity index is 803. The van der Waals surface area contributed by atoms with Crippen molar-refractivity contribution in [2.45, 2.75) is 0 Å². The number of aromatic carboxylic acids is 1. The second-order valence-electron chi connectivity index (χ2n) is 4.56. The first-order chi connectivity index (χ1) is 11.5. The third-order valence-corrected chi connectivity index (χ3v) is 3.56. The number of hydrogen-bond donors (Lipinski definition) is 3. The van der Waals surface area contributed by atoms with Gasteiger partial charge in [-0.1, -0.05) is 24.3 Å². The van der Waals surface area contributed by atoms with Gasteiger partial charge in [0.2, 0.25) is 0 Å². The largest absolute Gasteiger partial charge is 0.478 e. The van der Waals surface area contributed by atoms with Crippen LogP contribution in [0.15, 0.2) is 58.1 Å². The third kappa shape index (κ3) is 4.75. The molecule has 2 amide bonds. The molecule has 0 aliphatic carbocycles. The Balaban J connectivity index is 1.91. The van der Waals surface area contributed by atoms with Gasteiger partial charge in [0, 0.05) is 4.47 Å². The Morgan fingerprint density at radius 3 is 2.29 bits per heavy atom. The number of hydrogen-bond acceptors (Lipinski definition) is 4. The van der Waals surface area contributed by atoms with Crippen molar-refractivity contribution in [2.24, 2.45) is 5.10 Å². The van der Waals surface area contributed by atoms with Crippen molar-refractivity contribution < 1.29 is 19.5 Å². The van der Waals surface area contributed by atoms with Crippen LogP contribution in [-0.4, -0.2) is 29.1 Å². The van der Waals surface area contributed by atoms with E-state index in [9.17, 15) is 14.4 Å². The predicted octanol–water partition coefficient (Wildman–Crippen LogP) is 2.24. The van der Waals surface area contributed by atoms with E-state index in [0.717, 1.165) is 0 Å². The van der Waals surface area contributed by atoms with Crippen LogP contribution in [-0.2, 0) is 9.59 Å². The lowest BCUT2D eigenvalue weighted by Crippen LogP contribution is -2.32. The van der Waals surface area contributed by atoms with Crippen molar-refractivity contribution in [3.63, 3.8) is 0 Å². The van der Waals surface area contributed by atoms with Crippen LogP contribution >= 0.6 is 15.9 Å². The number of benzene rings is 2. The number of hydrazone groups is 1. The molecule has 0 bridgehead atoms. The fourth-order valence-electron chi connectivity index (χ4n) is 1.67. The average molecular weight is 390 g/mol. The monoisotopic (exact) mass is 389 g/mol. The van der Waals surface area contributed by atoms with Crippen molar-refractivity contribution in [2.75, 3.05) is 5.32 Å². The lowest BCUT2D eigenvalue weighted by Gasteiger charge is -2.05. The molecule has 24 heavy (non-hydrogen) atoms. The first-order valence-corrected chi connectivity index (χ1v) is 7.49. The summed E-state index contributed by atoms with van der Waals surface area (Å²) in [5.41, 5.74) is 3.28. The number of carboxylic acids is 1. The van der Waals surface area contributed by atoms with Crippen LogP contribution in [0.3, 0.4) is 0 Å². The van der Waals surface area contributed by atoms with Gasteiger partial charge in [-0.25, -0.2) is 10.2 Å². The molecule has 0 unspecified atom stereocenters. The van der Waals surface area contributed by atoms with Crippen molar-refractivity contribution >= 4 is 45.6 Å². The van der Waals surface area contributed by atoms with Crippen molar-refractivity contribution in [1.82, 2.24) is 5.43 Å². The lowest BCUT2D eigenvalue weighted by atomic mass is 10.1. The van der Waals surface area contributed by atoms with E-state index in [2.05, 4.69) is 31.8 Å². The fraction of sp³-hybridized carbons (Fsp3) is 0. The van der Waals surface area contributed by atoms with Gasteiger partial charge < -0.3 is 10.4 Å². The van der Waals surface area contributed by atoms with Gasteiger partial charge in [0.15, 0.2) is 0 Å². The normalized spacial score (nSPS) is 10.4. The standard InChI is InChI=1S/C16H12BrN3O4/c17-12-3-1-2-4-13(12)19-14(21)15(22)20-18-9-10-5-7-11(8-6-10)16(23)24/h1-9H,(H,19,21)(H,20,22)(H,23,24)/b18-9-. The van der Waals surface area contributed by atoms with E-state index in [4.69, 9.17) is 5.11 Å². The van der Waals surface area contributed by atoms with E-state index in [1.54, 1.807) is 24.3 Å². The first-order valence-electron chi connectivity index (χ1n) is 6.69. The average Bonchev–Trinajstić information content (AvgIpc) is 2.57. The summed E-state index contributed by atoms with van der Waals surface area (Å²) in [6.07, 6.45) is 1.30. The number of rotatable bonds is 4. The van der Waals surface area contributed by atoms with Gasteiger partial charge in [-0.3, -0.25) is 9.59 Å². The number of nitrogens with one attached hydrogen (secondary N) is 2. The van der Waals surface area contributed by atoms with Crippen LogP contribution in [0.2, 0.25) is 0 Å². The molecule has 0 aromatic heterocycles. The number of carboxylic acid groups (broad SMARTS) is 1. The van der Waals surface area contributed by atoms with Gasteiger partial charge in [0.25, 0.3) is 0 Å². The Hall–Kier alpha value is -3.00. The highest BCUT2D eigenvalue weighted by Crippen LogP contribution is 2.20. The molecule has 2 aromatic carbocycles. The molecule has 3 N–H and O–H groups in total. The SMILES string of the molecule is O=C(N/N=C\c1ccc(C(=O)O)cc1)C(=O)Nc1ccccc1Br. The van der Waals surface area contributed by atoms with Gasteiger partial charge >= 0.3 is 17.8 Å². The summed E-state index contributed by atoms with van der Waals surface area (Å²) in [5.74, 6) is -2.82. The molecule has 0 spiro atoms. The van der Waals surface area contributed by atoms with Crippen LogP contribution in [0.4, 0.5) is 5.69 Å². The smallest absolute Gasteiger partial charge is 0.335 e. The number of para-hydroxylation sites is 1. The molecular formula is C16H12BrN3O4. The van der Waals surface area contributed by atoms with Gasteiger partial charge in [-0.15, -0.1) is 0 Å². The van der Waals surface area contributed by atoms with Crippen LogP contribution in [0.25, 0.3) is 0 Å². The fourth-order valence-corrected chi connectivity index (χ4v) is 2.05. The molecule has 8 heteroatoms. The van der Waals surface area contributed by atoms with E-state index in [1.807, 2.05) is 0 Å². The molecule has 2 aromatic rings. The molecule has 2 rings (SSSR count). The molecule has 0 saturated carbocycles. The van der Waals surface area contributed by atoms with Crippen molar-refractivity contribution in [3.05, 3.63) is 64.1 Å². The summed E-state index contributed by atoms with van der Waals surface area (Å²) in [6.45, 7) is 0. The number of amides is 2. The molecule has 0 aliphatic rings. The molecular weight excluding hydrogens is 378 g/mol. The number of anilines is 1. The van der Waals surface area contributed by atoms with E-state index in [-0.39, 0.29) is 5.56 Å². The van der Waals surface area contributed by atoms with Gasteiger partial charge in [0.1, 0.15) is 0 Å². The third-order valence-electron chi connectivity index (χ3n) is 2.87. The summed E-state index contributed by atoms with van der Waals surface area (Å²) in [4.78, 5) is 34.1. The van der Waals surface area contributed by atoms with Crippen LogP contribution < -0.4 is 10.7 Å². The first kappa shape index (κ1) is 17.4. The van der Waals surface area contributed by atoms with E-state index < -0.39 is 17.8 Å². The second-order valence-corrected chi connectivity index (χ2v) is 5.41. The highest BCUT2D eigenvalue weighted by molar-refractivity contribution is 9.10. The zero-order valence-electron chi connectivity index (χ0n) is 12.2. The maximum absolute atomic E-state index is 11.7. The molecule has 0 radical (unpaired) electrons. The summed E-state index contributed by atoms with van der Waals surface area (Å²) in [7, 11) is 0. The van der Waals surface area contributed by atoms with E-state index in [1.165, 1.54) is 30.5 Å². The van der Waals surface area contributed by atoms with Crippen LogP contribution in [0.5, 0.6) is 0 Å². The minimum atomic E-state index is -1.03. The minimum Gasteiger partial charge on any atom is -0.478 e. The summed E-state index contributed by atoms with van der Waals surface area (Å²) >= 11 is 3.26. The Kier molecular flexibility index (Phi) is 5.80. The highest BCUT2D eigenvalue weighted by Gasteiger charge is 2.13. The zero-order chi connectivity index (χ0) is 17.5. The number of nitrogens with zero attached hydrogens (tertiary/aromatic N) is 1. The van der Waals surface area contributed by atoms with Crippen molar-refractivity contribution in [1.29, 1.82) is 0 Å². The second kappa shape index (κ2) is 8.02. The molecule has 0 atom stereocenters. The van der Waals surface area contributed by atoms with Gasteiger partial charge in [0.05, 0.1) is 17.5 Å². The van der Waals surface area contributed by atoms with Gasteiger partial charge in [-0.05, 0) is 45.8 Å². The number of halogens is 1. The Labute approximate surface area is 145 Å². The summed E-state index contributed by atoms with van der Waals surface area (Å²) in [6, 6.07) is 12.7. The maximum atomic E-state index is 11.7. The Morgan fingerprint density at radius 2 is 1.67 bits per heavy atom.